The van der Waals surface area contributed by atoms with E-state index in [9.17, 15) is 4.79 Å². The Labute approximate surface area is 176 Å². The van der Waals surface area contributed by atoms with Gasteiger partial charge in [-0.25, -0.2) is 5.10 Å². The molecule has 9 heteroatoms. The van der Waals surface area contributed by atoms with Crippen LogP contribution in [0.25, 0.3) is 11.3 Å². The highest BCUT2D eigenvalue weighted by atomic mass is 35.5. The fourth-order valence-electron chi connectivity index (χ4n) is 3.74. The van der Waals surface area contributed by atoms with Crippen molar-refractivity contribution in [3.05, 3.63) is 80.6 Å². The van der Waals surface area contributed by atoms with Crippen LogP contribution in [0.1, 0.15) is 42.5 Å². The fourth-order valence-corrected chi connectivity index (χ4v) is 3.86. The maximum atomic E-state index is 12.7. The lowest BCUT2D eigenvalue weighted by molar-refractivity contribution is 0.567. The SMILES string of the molecule is CC(C)c1ccc(C2c3c(-c4ccc(Cl)cc4)n[nH]c(=O)c3Nc3nnnn32)cc1. The summed E-state index contributed by atoms with van der Waals surface area (Å²) < 4.78 is 1.67. The summed E-state index contributed by atoms with van der Waals surface area (Å²) >= 11 is 6.06. The summed E-state index contributed by atoms with van der Waals surface area (Å²) in [5, 5.41) is 22.6. The van der Waals surface area contributed by atoms with Crippen LogP contribution in [0.4, 0.5) is 11.6 Å². The van der Waals surface area contributed by atoms with Crippen molar-refractivity contribution < 1.29 is 0 Å². The molecule has 8 nitrogen and oxygen atoms in total. The number of nitrogens with zero attached hydrogens (tertiary/aromatic N) is 5. The number of aromatic nitrogens is 6. The van der Waals surface area contributed by atoms with Gasteiger partial charge < -0.3 is 5.32 Å². The van der Waals surface area contributed by atoms with Gasteiger partial charge in [0.25, 0.3) is 5.56 Å². The molecule has 0 bridgehead atoms. The van der Waals surface area contributed by atoms with Gasteiger partial charge in [0.1, 0.15) is 11.7 Å². The topological polar surface area (TPSA) is 101 Å². The zero-order chi connectivity index (χ0) is 20.8. The van der Waals surface area contributed by atoms with Crippen LogP contribution in [-0.4, -0.2) is 30.4 Å². The Morgan fingerprint density at radius 1 is 1.07 bits per heavy atom. The minimum atomic E-state index is -0.409. The van der Waals surface area contributed by atoms with E-state index in [1.807, 2.05) is 24.3 Å². The van der Waals surface area contributed by atoms with Gasteiger partial charge in [-0.05, 0) is 39.6 Å². The molecule has 4 aromatic rings. The smallest absolute Gasteiger partial charge is 0.288 e. The van der Waals surface area contributed by atoms with Crippen molar-refractivity contribution in [3.63, 3.8) is 0 Å². The van der Waals surface area contributed by atoms with Gasteiger partial charge in [0, 0.05) is 16.1 Å². The summed E-state index contributed by atoms with van der Waals surface area (Å²) in [6, 6.07) is 15.2. The number of anilines is 2. The molecule has 3 heterocycles. The molecule has 0 radical (unpaired) electrons. The van der Waals surface area contributed by atoms with Crippen molar-refractivity contribution in [2.75, 3.05) is 5.32 Å². The second kappa shape index (κ2) is 7.07. The Bertz CT molecular complexity index is 1280. The Morgan fingerprint density at radius 3 is 2.50 bits per heavy atom. The minimum Gasteiger partial charge on any atom is -0.318 e. The number of halogens is 1. The van der Waals surface area contributed by atoms with Crippen molar-refractivity contribution in [1.82, 2.24) is 30.4 Å². The van der Waals surface area contributed by atoms with E-state index in [4.69, 9.17) is 11.6 Å². The van der Waals surface area contributed by atoms with Crippen molar-refractivity contribution in [1.29, 1.82) is 0 Å². The number of nitrogens with one attached hydrogen (secondary N) is 2. The summed E-state index contributed by atoms with van der Waals surface area (Å²) in [6.07, 6.45) is 0. The molecular weight excluding hydrogens is 402 g/mol. The molecule has 1 aliphatic heterocycles. The van der Waals surface area contributed by atoms with Gasteiger partial charge in [0.2, 0.25) is 5.95 Å². The summed E-state index contributed by atoms with van der Waals surface area (Å²) in [7, 11) is 0. The molecule has 2 N–H and O–H groups in total. The number of hydrogen-bond acceptors (Lipinski definition) is 6. The standard InChI is InChI=1S/C21H18ClN7O/c1-11(2)12-3-5-14(6-4-12)19-16-17(13-7-9-15(22)10-8-13)24-25-20(30)18(16)23-21-26-27-28-29(19)21/h3-11,19H,1-2H3,(H,25,30)(H,23,26,28). The zero-order valence-corrected chi connectivity index (χ0v) is 17.1. The highest BCUT2D eigenvalue weighted by molar-refractivity contribution is 6.30. The summed E-state index contributed by atoms with van der Waals surface area (Å²) in [5.74, 6) is 0.816. The van der Waals surface area contributed by atoms with Crippen LogP contribution in [0.2, 0.25) is 5.02 Å². The van der Waals surface area contributed by atoms with Crippen LogP contribution in [0, 0.1) is 0 Å². The Hall–Kier alpha value is -3.52. The van der Waals surface area contributed by atoms with Gasteiger partial charge in [-0.2, -0.15) is 9.78 Å². The van der Waals surface area contributed by atoms with Crippen LogP contribution in [-0.2, 0) is 0 Å². The van der Waals surface area contributed by atoms with E-state index in [0.717, 1.165) is 11.1 Å². The second-order valence-electron chi connectivity index (χ2n) is 7.49. The molecule has 2 aromatic carbocycles. The van der Waals surface area contributed by atoms with Gasteiger partial charge >= 0.3 is 0 Å². The first-order valence-electron chi connectivity index (χ1n) is 9.56. The lowest BCUT2D eigenvalue weighted by atomic mass is 9.91. The molecule has 0 spiro atoms. The number of rotatable bonds is 3. The molecule has 0 aliphatic carbocycles. The molecule has 0 saturated carbocycles. The molecular formula is C21H18ClN7O. The van der Waals surface area contributed by atoms with Gasteiger partial charge in [0.05, 0.1) is 5.69 Å². The van der Waals surface area contributed by atoms with E-state index in [0.29, 0.717) is 33.8 Å². The largest absolute Gasteiger partial charge is 0.318 e. The Kier molecular flexibility index (Phi) is 4.36. The number of fused-ring (bicyclic) bond motifs is 2. The molecule has 150 valence electrons. The third kappa shape index (κ3) is 2.96. The molecule has 5 rings (SSSR count). The first kappa shape index (κ1) is 18.5. The van der Waals surface area contributed by atoms with Crippen molar-refractivity contribution in [2.24, 2.45) is 0 Å². The van der Waals surface area contributed by atoms with Crippen LogP contribution in [0.15, 0.2) is 53.3 Å². The van der Waals surface area contributed by atoms with Crippen LogP contribution in [0.3, 0.4) is 0 Å². The molecule has 30 heavy (non-hydrogen) atoms. The molecule has 1 aliphatic rings. The van der Waals surface area contributed by atoms with Crippen LogP contribution < -0.4 is 10.9 Å². The molecule has 0 fully saturated rings. The lowest BCUT2D eigenvalue weighted by Crippen LogP contribution is -2.29. The first-order chi connectivity index (χ1) is 14.5. The number of tetrazole rings is 1. The van der Waals surface area contributed by atoms with Gasteiger partial charge in [0.15, 0.2) is 0 Å². The lowest BCUT2D eigenvalue weighted by Gasteiger charge is -2.28. The first-order valence-corrected chi connectivity index (χ1v) is 9.94. The quantitative estimate of drug-likeness (QED) is 0.460. The number of benzene rings is 2. The third-order valence-electron chi connectivity index (χ3n) is 5.30. The van der Waals surface area contributed by atoms with Crippen molar-refractivity contribution in [3.8, 4) is 11.3 Å². The molecule has 1 atom stereocenters. The van der Waals surface area contributed by atoms with Gasteiger partial charge in [-0.1, -0.05) is 66.9 Å². The van der Waals surface area contributed by atoms with Crippen molar-refractivity contribution >= 4 is 23.2 Å². The number of H-pyrrole nitrogens is 1. The average Bonchev–Trinajstić information content (AvgIpc) is 3.22. The predicted octanol–water partition coefficient (Wildman–Crippen LogP) is 3.89. The number of aromatic amines is 1. The van der Waals surface area contributed by atoms with Crippen molar-refractivity contribution in [2.45, 2.75) is 25.8 Å². The molecule has 1 unspecified atom stereocenters. The summed E-state index contributed by atoms with van der Waals surface area (Å²) in [5.41, 5.74) is 4.40. The third-order valence-corrected chi connectivity index (χ3v) is 5.56. The fraction of sp³-hybridized carbons (Fsp3) is 0.190. The van der Waals surface area contributed by atoms with Crippen LogP contribution in [0.5, 0.6) is 0 Å². The van der Waals surface area contributed by atoms with Gasteiger partial charge in [-0.3, -0.25) is 4.79 Å². The van der Waals surface area contributed by atoms with E-state index in [1.54, 1.807) is 16.8 Å². The second-order valence-corrected chi connectivity index (χ2v) is 7.93. The van der Waals surface area contributed by atoms with E-state index in [-0.39, 0.29) is 5.56 Å². The predicted molar refractivity (Wildman–Crippen MR) is 114 cm³/mol. The van der Waals surface area contributed by atoms with E-state index < -0.39 is 6.04 Å². The Morgan fingerprint density at radius 2 is 1.80 bits per heavy atom. The maximum Gasteiger partial charge on any atom is 0.288 e. The average molecular weight is 420 g/mol. The highest BCUT2D eigenvalue weighted by Crippen LogP contribution is 2.41. The molecule has 0 amide bonds. The minimum absolute atomic E-state index is 0.333. The summed E-state index contributed by atoms with van der Waals surface area (Å²) in [6.45, 7) is 4.30. The van der Waals surface area contributed by atoms with E-state index in [1.165, 1.54) is 5.56 Å². The molecule has 0 saturated heterocycles. The van der Waals surface area contributed by atoms with E-state index >= 15 is 0 Å². The monoisotopic (exact) mass is 419 g/mol. The molecule has 2 aromatic heterocycles. The maximum absolute atomic E-state index is 12.7. The highest BCUT2D eigenvalue weighted by Gasteiger charge is 2.34. The van der Waals surface area contributed by atoms with E-state index in [2.05, 4.69) is 57.0 Å². The number of hydrogen-bond donors (Lipinski definition) is 2. The van der Waals surface area contributed by atoms with Gasteiger partial charge in [-0.15, -0.1) is 0 Å². The normalized spacial score (nSPS) is 14.9. The Balaban J connectivity index is 1.76. The van der Waals surface area contributed by atoms with Crippen LogP contribution >= 0.6 is 11.6 Å². The summed E-state index contributed by atoms with van der Waals surface area (Å²) in [4.78, 5) is 12.7. The zero-order valence-electron chi connectivity index (χ0n) is 16.3.